The molecule has 1 radical (unpaired) electrons. The summed E-state index contributed by atoms with van der Waals surface area (Å²) in [7, 11) is 0. The van der Waals surface area contributed by atoms with Gasteiger partial charge >= 0.3 is 6.18 Å². The van der Waals surface area contributed by atoms with Gasteiger partial charge in [-0.2, -0.15) is 13.2 Å². The Morgan fingerprint density at radius 1 is 1.14 bits per heavy atom. The molecule has 1 aromatic rings. The van der Waals surface area contributed by atoms with E-state index in [0.29, 0.717) is 12.8 Å². The molecule has 0 amide bonds. The summed E-state index contributed by atoms with van der Waals surface area (Å²) in [6.45, 7) is 0. The van der Waals surface area contributed by atoms with Crippen LogP contribution in [-0.2, 0) is 32.7 Å². The first-order valence-electron chi connectivity index (χ1n) is 5.88. The fraction of sp³-hybridized carbons (Fsp3) is 0.500. The molecule has 1 fully saturated rings. The molecule has 0 atom stereocenters. The average Bonchev–Trinajstić information content (AvgIpc) is 2.78. The van der Waals surface area contributed by atoms with Gasteiger partial charge in [-0.1, -0.05) is 12.8 Å². The molecule has 1 saturated carbocycles. The third-order valence-electron chi connectivity index (χ3n) is 3.02. The van der Waals surface area contributed by atoms with Crippen LogP contribution in [0.3, 0.4) is 0 Å². The maximum Gasteiger partial charge on any atom is 0.417 e. The number of rotatable bonds is 1. The van der Waals surface area contributed by atoms with E-state index in [1.54, 1.807) is 0 Å². The first-order chi connectivity index (χ1) is 9.16. The zero-order valence-electron chi connectivity index (χ0n) is 11.0. The Hall–Kier alpha value is -0.726. The number of benzene rings is 1. The minimum Gasteiger partial charge on any atom is -0.508 e. The Bertz CT molecular complexity index is 459. The van der Waals surface area contributed by atoms with Gasteiger partial charge in [0.05, 0.1) is 4.92 Å². The molecule has 5 nitrogen and oxygen atoms in total. The number of nitrogens with zero attached hydrogens (tertiary/aromatic N) is 1. The maximum absolute atomic E-state index is 11.9. The Morgan fingerprint density at radius 2 is 1.57 bits per heavy atom. The molecule has 0 aromatic heterocycles. The SMILES string of the molecule is O=[N+]([O-])c1ccc(O)cc1.OC1(C(F)(F)F)CCCC1.[Y]. The van der Waals surface area contributed by atoms with E-state index in [1.165, 1.54) is 24.3 Å². The number of hydrogen-bond acceptors (Lipinski definition) is 4. The van der Waals surface area contributed by atoms with Crippen LogP contribution in [0.5, 0.6) is 5.75 Å². The predicted molar refractivity (Wildman–Crippen MR) is 64.2 cm³/mol. The van der Waals surface area contributed by atoms with Crippen LogP contribution in [0.2, 0.25) is 0 Å². The quantitative estimate of drug-likeness (QED) is 0.578. The summed E-state index contributed by atoms with van der Waals surface area (Å²) in [4.78, 5) is 9.52. The van der Waals surface area contributed by atoms with E-state index >= 15 is 0 Å². The summed E-state index contributed by atoms with van der Waals surface area (Å²) in [6.07, 6.45) is -3.72. The number of non-ortho nitro benzene ring substituents is 1. The van der Waals surface area contributed by atoms with Crippen LogP contribution in [0.1, 0.15) is 25.7 Å². The number of hydrogen-bond donors (Lipinski definition) is 2. The Balaban J connectivity index is 0.000000364. The minimum atomic E-state index is -4.43. The van der Waals surface area contributed by atoms with Crippen molar-refractivity contribution in [1.82, 2.24) is 0 Å². The Kier molecular flexibility index (Phi) is 7.77. The minimum absolute atomic E-state index is 0. The molecule has 2 rings (SSSR count). The number of nitro groups is 1. The standard InChI is InChI=1S/C6H9F3O.C6H5NO3.Y/c7-6(8,9)5(10)3-1-2-4-5;8-6-3-1-5(2-4-6)7(9)10;/h10H,1-4H2;1-4,8H;. The van der Waals surface area contributed by atoms with Crippen molar-refractivity contribution in [3.05, 3.63) is 34.4 Å². The van der Waals surface area contributed by atoms with Crippen molar-refractivity contribution in [2.24, 2.45) is 0 Å². The third-order valence-corrected chi connectivity index (χ3v) is 3.02. The number of nitro benzene ring substituents is 1. The molecule has 2 N–H and O–H groups in total. The smallest absolute Gasteiger partial charge is 0.417 e. The van der Waals surface area contributed by atoms with Crippen molar-refractivity contribution in [3.63, 3.8) is 0 Å². The molecule has 9 heteroatoms. The molecule has 0 heterocycles. The maximum atomic E-state index is 11.9. The number of alkyl halides is 3. The molecule has 0 bridgehead atoms. The molecular weight excluding hydrogens is 368 g/mol. The molecular formula is C12H14F3NO4Y. The van der Waals surface area contributed by atoms with Crippen LogP contribution in [-0.4, -0.2) is 26.9 Å². The fourth-order valence-corrected chi connectivity index (χ4v) is 1.82. The van der Waals surface area contributed by atoms with E-state index in [-0.39, 0.29) is 57.0 Å². The Labute approximate surface area is 144 Å². The normalized spacial score (nSPS) is 16.4. The van der Waals surface area contributed by atoms with Gasteiger partial charge in [0.1, 0.15) is 5.75 Å². The van der Waals surface area contributed by atoms with Crippen molar-refractivity contribution in [1.29, 1.82) is 0 Å². The average molecular weight is 382 g/mol. The van der Waals surface area contributed by atoms with Crippen LogP contribution < -0.4 is 0 Å². The fourth-order valence-electron chi connectivity index (χ4n) is 1.82. The first kappa shape index (κ1) is 20.3. The zero-order chi connectivity index (χ0) is 15.4. The number of aliphatic hydroxyl groups is 1. The van der Waals surface area contributed by atoms with Gasteiger partial charge in [-0.3, -0.25) is 10.1 Å². The van der Waals surface area contributed by atoms with Crippen LogP contribution in [0.25, 0.3) is 0 Å². The van der Waals surface area contributed by atoms with E-state index < -0.39 is 16.7 Å². The van der Waals surface area contributed by atoms with E-state index in [9.17, 15) is 23.3 Å². The number of aromatic hydroxyl groups is 1. The van der Waals surface area contributed by atoms with Gasteiger partial charge in [-0.15, -0.1) is 0 Å². The van der Waals surface area contributed by atoms with Crippen molar-refractivity contribution >= 4 is 5.69 Å². The molecule has 1 aliphatic carbocycles. The van der Waals surface area contributed by atoms with E-state index in [4.69, 9.17) is 10.2 Å². The largest absolute Gasteiger partial charge is 0.508 e. The van der Waals surface area contributed by atoms with Gasteiger partial charge in [-0.25, -0.2) is 0 Å². The van der Waals surface area contributed by atoms with Crippen molar-refractivity contribution in [2.75, 3.05) is 0 Å². The van der Waals surface area contributed by atoms with Gasteiger partial charge in [0.15, 0.2) is 5.60 Å². The molecule has 0 aliphatic heterocycles. The molecule has 21 heavy (non-hydrogen) atoms. The van der Waals surface area contributed by atoms with Crippen molar-refractivity contribution in [2.45, 2.75) is 37.5 Å². The number of phenols is 1. The third kappa shape index (κ3) is 5.88. The molecule has 0 saturated heterocycles. The van der Waals surface area contributed by atoms with Crippen molar-refractivity contribution in [3.8, 4) is 5.75 Å². The van der Waals surface area contributed by atoms with Crippen LogP contribution >= 0.6 is 0 Å². The van der Waals surface area contributed by atoms with Gasteiger partial charge in [0, 0.05) is 44.8 Å². The summed E-state index contributed by atoms with van der Waals surface area (Å²) < 4.78 is 35.7. The van der Waals surface area contributed by atoms with Gasteiger partial charge in [0.25, 0.3) is 5.69 Å². The number of halogens is 3. The van der Waals surface area contributed by atoms with Gasteiger partial charge in [-0.05, 0) is 25.0 Å². The number of phenolic OH excluding ortho intramolecular Hbond substituents is 1. The topological polar surface area (TPSA) is 83.6 Å². The van der Waals surface area contributed by atoms with E-state index in [2.05, 4.69) is 0 Å². The second-order valence-corrected chi connectivity index (χ2v) is 4.51. The molecule has 1 aliphatic rings. The van der Waals surface area contributed by atoms with Gasteiger partial charge < -0.3 is 10.2 Å². The molecule has 0 spiro atoms. The second-order valence-electron chi connectivity index (χ2n) is 4.51. The summed E-state index contributed by atoms with van der Waals surface area (Å²) >= 11 is 0. The van der Waals surface area contributed by atoms with Crippen LogP contribution in [0.15, 0.2) is 24.3 Å². The van der Waals surface area contributed by atoms with E-state index in [1.807, 2.05) is 0 Å². The Morgan fingerprint density at radius 3 is 1.86 bits per heavy atom. The predicted octanol–water partition coefficient (Wildman–Crippen LogP) is 3.15. The molecule has 0 unspecified atom stereocenters. The first-order valence-corrected chi connectivity index (χ1v) is 5.88. The summed E-state index contributed by atoms with van der Waals surface area (Å²) in [6, 6.07) is 5.04. The second kappa shape index (κ2) is 8.05. The summed E-state index contributed by atoms with van der Waals surface area (Å²) in [5.74, 6) is 0.0330. The van der Waals surface area contributed by atoms with E-state index in [0.717, 1.165) is 0 Å². The summed E-state index contributed by atoms with van der Waals surface area (Å²) in [5.41, 5.74) is -2.38. The van der Waals surface area contributed by atoms with Crippen LogP contribution in [0.4, 0.5) is 18.9 Å². The molecule has 115 valence electrons. The zero-order valence-corrected chi connectivity index (χ0v) is 13.8. The van der Waals surface area contributed by atoms with Crippen LogP contribution in [0, 0.1) is 10.1 Å². The molecule has 1 aromatic carbocycles. The van der Waals surface area contributed by atoms with Crippen molar-refractivity contribution < 1.29 is 61.0 Å². The monoisotopic (exact) mass is 382 g/mol. The summed E-state index contributed by atoms with van der Waals surface area (Å²) in [5, 5.41) is 27.7. The van der Waals surface area contributed by atoms with Gasteiger partial charge in [0.2, 0.25) is 0 Å².